The summed E-state index contributed by atoms with van der Waals surface area (Å²) in [7, 11) is 0. The van der Waals surface area contributed by atoms with Crippen molar-refractivity contribution in [2.45, 2.75) is 13.1 Å². The highest BCUT2D eigenvalue weighted by molar-refractivity contribution is 7.80. The van der Waals surface area contributed by atoms with Crippen molar-refractivity contribution in [2.75, 3.05) is 31.1 Å². The highest BCUT2D eigenvalue weighted by Crippen LogP contribution is 2.31. The van der Waals surface area contributed by atoms with Gasteiger partial charge in [0, 0.05) is 38.1 Å². The molecular weight excluding hydrogens is 363 g/mol. The van der Waals surface area contributed by atoms with Crippen molar-refractivity contribution >= 4 is 35.9 Å². The maximum absolute atomic E-state index is 12.9. The van der Waals surface area contributed by atoms with E-state index < -0.39 is 11.7 Å². The molecule has 0 radical (unpaired) electrons. The van der Waals surface area contributed by atoms with Crippen LogP contribution >= 0.6 is 12.2 Å². The van der Waals surface area contributed by atoms with E-state index in [0.717, 1.165) is 6.07 Å². The molecule has 1 aliphatic rings. The molecule has 0 saturated carbocycles. The highest BCUT2D eigenvalue weighted by atomic mass is 32.1. The van der Waals surface area contributed by atoms with Gasteiger partial charge in [0.2, 0.25) is 0 Å². The van der Waals surface area contributed by atoms with E-state index in [1.54, 1.807) is 19.2 Å². The van der Waals surface area contributed by atoms with E-state index in [-0.39, 0.29) is 0 Å². The van der Waals surface area contributed by atoms with Gasteiger partial charge in [0.25, 0.3) is 0 Å². The van der Waals surface area contributed by atoms with Crippen LogP contribution in [0, 0.1) is 0 Å². The van der Waals surface area contributed by atoms with E-state index in [1.165, 1.54) is 18.3 Å². The van der Waals surface area contributed by atoms with Crippen molar-refractivity contribution < 1.29 is 13.2 Å². The largest absolute Gasteiger partial charge is 0.416 e. The summed E-state index contributed by atoms with van der Waals surface area (Å²) < 4.78 is 38.6. The molecule has 1 fully saturated rings. The van der Waals surface area contributed by atoms with Crippen LogP contribution in [0.3, 0.4) is 0 Å². The predicted molar refractivity (Wildman–Crippen MR) is 103 cm³/mol. The number of piperazine rings is 1. The van der Waals surface area contributed by atoms with E-state index in [1.807, 2.05) is 9.80 Å². The Hall–Kier alpha value is -2.42. The summed E-state index contributed by atoms with van der Waals surface area (Å²) >= 11 is 5.37. The second-order valence-corrected chi connectivity index (χ2v) is 5.92. The third-order valence-corrected chi connectivity index (χ3v) is 4.18. The minimum Gasteiger partial charge on any atom is -0.368 e. The number of anilines is 1. The summed E-state index contributed by atoms with van der Waals surface area (Å²) in [5.74, 6) is 0.479. The summed E-state index contributed by atoms with van der Waals surface area (Å²) in [5.41, 5.74) is -0.0795. The Balaban J connectivity index is 1.98. The Bertz CT molecular complexity index is 707. The van der Waals surface area contributed by atoms with Crippen LogP contribution in [-0.4, -0.2) is 49.1 Å². The second kappa shape index (κ2) is 8.79. The number of halogens is 3. The first-order valence-electron chi connectivity index (χ1n) is 7.98. The molecule has 1 aromatic carbocycles. The Labute approximate surface area is 155 Å². The normalized spacial score (nSPS) is 16.1. The monoisotopic (exact) mass is 383 g/mol. The predicted octanol–water partition coefficient (Wildman–Crippen LogP) is 3.29. The van der Waals surface area contributed by atoms with Crippen molar-refractivity contribution in [1.82, 2.24) is 10.2 Å². The standard InChI is InChI=1S/C17H20F3N5S/c1-3-22-15(12-21-2)23-16(26)25-9-7-24(8-10-25)14-6-4-5-13(11-14)17(18,19)20/h3-6,11-12H,2,7-10H2,1H3,(H,23,26)/b15-12+,22-3-. The van der Waals surface area contributed by atoms with Crippen molar-refractivity contribution in [3.8, 4) is 0 Å². The molecule has 0 aromatic heterocycles. The van der Waals surface area contributed by atoms with Gasteiger partial charge in [-0.05, 0) is 44.1 Å². The number of nitrogens with one attached hydrogen (secondary N) is 1. The average Bonchev–Trinajstić information content (AvgIpc) is 2.61. The van der Waals surface area contributed by atoms with E-state index in [4.69, 9.17) is 12.2 Å². The van der Waals surface area contributed by atoms with Gasteiger partial charge in [0.05, 0.1) is 11.8 Å². The Morgan fingerprint density at radius 1 is 1.27 bits per heavy atom. The zero-order valence-electron chi connectivity index (χ0n) is 14.3. The lowest BCUT2D eigenvalue weighted by molar-refractivity contribution is -0.137. The van der Waals surface area contributed by atoms with Crippen LogP contribution in [0.2, 0.25) is 0 Å². The second-order valence-electron chi connectivity index (χ2n) is 5.54. The van der Waals surface area contributed by atoms with E-state index >= 15 is 0 Å². The molecule has 0 bridgehead atoms. The topological polar surface area (TPSA) is 43.2 Å². The molecule has 1 saturated heterocycles. The SMILES string of the molecule is C=N/C=C(\N=C/C)NC(=S)N1CCN(c2cccc(C(F)(F)F)c2)CC1. The molecule has 1 N–H and O–H groups in total. The molecule has 140 valence electrons. The Morgan fingerprint density at radius 3 is 2.54 bits per heavy atom. The van der Waals surface area contributed by atoms with Crippen LogP contribution in [0.25, 0.3) is 0 Å². The molecular formula is C17H20F3N5S. The molecule has 0 amide bonds. The fourth-order valence-electron chi connectivity index (χ4n) is 2.56. The van der Waals surface area contributed by atoms with Crippen LogP contribution in [-0.2, 0) is 6.18 Å². The third-order valence-electron chi connectivity index (χ3n) is 3.82. The molecule has 1 aliphatic heterocycles. The first kappa shape index (κ1) is 19.9. The lowest BCUT2D eigenvalue weighted by Gasteiger charge is -2.37. The summed E-state index contributed by atoms with van der Waals surface area (Å²) in [6.07, 6.45) is -1.27. The molecule has 0 spiro atoms. The fraction of sp³-hybridized carbons (Fsp3) is 0.353. The van der Waals surface area contributed by atoms with Crippen LogP contribution in [0.5, 0.6) is 0 Å². The first-order valence-corrected chi connectivity index (χ1v) is 8.39. The molecule has 2 rings (SSSR count). The number of rotatable bonds is 4. The first-order chi connectivity index (χ1) is 12.3. The van der Waals surface area contributed by atoms with Gasteiger partial charge in [-0.3, -0.25) is 4.99 Å². The quantitative estimate of drug-likeness (QED) is 0.640. The van der Waals surface area contributed by atoms with Crippen LogP contribution in [0.4, 0.5) is 18.9 Å². The maximum Gasteiger partial charge on any atom is 0.416 e. The van der Waals surface area contributed by atoms with Crippen molar-refractivity contribution in [3.05, 3.63) is 41.8 Å². The maximum atomic E-state index is 12.9. The van der Waals surface area contributed by atoms with Gasteiger partial charge >= 0.3 is 6.18 Å². The third kappa shape index (κ3) is 5.29. The van der Waals surface area contributed by atoms with Gasteiger partial charge in [0.1, 0.15) is 5.82 Å². The molecule has 5 nitrogen and oxygen atoms in total. The summed E-state index contributed by atoms with van der Waals surface area (Å²) in [4.78, 5) is 11.6. The van der Waals surface area contributed by atoms with E-state index in [9.17, 15) is 13.2 Å². The van der Waals surface area contributed by atoms with Crippen molar-refractivity contribution in [2.24, 2.45) is 9.98 Å². The van der Waals surface area contributed by atoms with Crippen molar-refractivity contribution in [3.63, 3.8) is 0 Å². The minimum absolute atomic E-state index is 0.479. The minimum atomic E-state index is -4.34. The molecule has 1 heterocycles. The Kier molecular flexibility index (Phi) is 6.73. The van der Waals surface area contributed by atoms with E-state index in [0.29, 0.717) is 42.8 Å². The average molecular weight is 383 g/mol. The molecule has 1 aromatic rings. The lowest BCUT2D eigenvalue weighted by atomic mass is 10.1. The van der Waals surface area contributed by atoms with Crippen molar-refractivity contribution in [1.29, 1.82) is 0 Å². The number of nitrogens with zero attached hydrogens (tertiary/aromatic N) is 4. The summed E-state index contributed by atoms with van der Waals surface area (Å²) in [6.45, 7) is 7.48. The van der Waals surface area contributed by atoms with Gasteiger partial charge in [-0.15, -0.1) is 0 Å². The van der Waals surface area contributed by atoms with Gasteiger partial charge in [-0.1, -0.05) is 6.07 Å². The van der Waals surface area contributed by atoms with Gasteiger partial charge in [0.15, 0.2) is 5.11 Å². The zero-order chi connectivity index (χ0) is 19.2. The van der Waals surface area contributed by atoms with Crippen LogP contribution < -0.4 is 10.2 Å². The number of hydrogen-bond acceptors (Lipinski definition) is 4. The molecule has 26 heavy (non-hydrogen) atoms. The van der Waals surface area contributed by atoms with Crippen LogP contribution in [0.15, 0.2) is 46.3 Å². The molecule has 0 unspecified atom stereocenters. The van der Waals surface area contributed by atoms with Gasteiger partial charge in [-0.25, -0.2) is 4.99 Å². The highest BCUT2D eigenvalue weighted by Gasteiger charge is 2.31. The van der Waals surface area contributed by atoms with Gasteiger partial charge in [-0.2, -0.15) is 13.2 Å². The molecule has 9 heteroatoms. The Morgan fingerprint density at radius 2 is 1.96 bits per heavy atom. The molecule has 0 aliphatic carbocycles. The van der Waals surface area contributed by atoms with Gasteiger partial charge < -0.3 is 15.1 Å². The molecule has 0 atom stereocenters. The summed E-state index contributed by atoms with van der Waals surface area (Å²) in [6, 6.07) is 5.38. The fourth-order valence-corrected chi connectivity index (χ4v) is 2.85. The summed E-state index contributed by atoms with van der Waals surface area (Å²) in [5, 5.41) is 3.49. The lowest BCUT2D eigenvalue weighted by Crippen LogP contribution is -2.51. The number of hydrogen-bond donors (Lipinski definition) is 1. The smallest absolute Gasteiger partial charge is 0.368 e. The zero-order valence-corrected chi connectivity index (χ0v) is 15.1. The van der Waals surface area contributed by atoms with Crippen LogP contribution in [0.1, 0.15) is 12.5 Å². The number of benzene rings is 1. The number of thiocarbonyl (C=S) groups is 1. The number of alkyl halides is 3. The number of aliphatic imine (C=N–C) groups is 2. The van der Waals surface area contributed by atoms with E-state index in [2.05, 4.69) is 22.0 Å².